The summed E-state index contributed by atoms with van der Waals surface area (Å²) >= 11 is 7.33. The highest BCUT2D eigenvalue weighted by Crippen LogP contribution is 2.26. The molecular formula is C18H13ClN2O4S2. The predicted molar refractivity (Wildman–Crippen MR) is 106 cm³/mol. The predicted octanol–water partition coefficient (Wildman–Crippen LogP) is 3.97. The summed E-state index contributed by atoms with van der Waals surface area (Å²) in [5, 5.41) is 9.06. The number of carbonyl (C=O) groups is 1. The lowest BCUT2D eigenvalue weighted by Gasteiger charge is -2.10. The number of benzene rings is 2. The monoisotopic (exact) mass is 420 g/mol. The molecule has 0 amide bonds. The number of carboxylic acid groups (broad SMARTS) is 1. The largest absolute Gasteiger partial charge is 0.481 e. The lowest BCUT2D eigenvalue weighted by Crippen LogP contribution is -2.13. The first-order valence-electron chi connectivity index (χ1n) is 7.71. The number of hydrogen-bond donors (Lipinski definition) is 2. The van der Waals surface area contributed by atoms with Gasteiger partial charge in [0.05, 0.1) is 38.3 Å². The second kappa shape index (κ2) is 7.96. The molecule has 6 nitrogen and oxygen atoms in total. The molecule has 2 aromatic carbocycles. The van der Waals surface area contributed by atoms with Crippen LogP contribution in [0.3, 0.4) is 0 Å². The second-order valence-corrected chi connectivity index (χ2v) is 8.48. The summed E-state index contributed by atoms with van der Waals surface area (Å²) in [4.78, 5) is 14.8. The molecule has 0 fully saturated rings. The molecule has 0 aliphatic carbocycles. The first kappa shape index (κ1) is 19.2. The molecule has 0 aliphatic rings. The van der Waals surface area contributed by atoms with Crippen LogP contribution in [0.1, 0.15) is 18.4 Å². The van der Waals surface area contributed by atoms with Gasteiger partial charge in [-0.3, -0.25) is 9.52 Å². The quantitative estimate of drug-likeness (QED) is 0.609. The molecule has 2 N–H and O–H groups in total. The van der Waals surface area contributed by atoms with Crippen molar-refractivity contribution in [3.63, 3.8) is 0 Å². The highest BCUT2D eigenvalue weighted by Gasteiger charge is 2.17. The van der Waals surface area contributed by atoms with Gasteiger partial charge < -0.3 is 5.11 Å². The van der Waals surface area contributed by atoms with E-state index >= 15 is 0 Å². The first-order chi connectivity index (χ1) is 12.8. The minimum absolute atomic E-state index is 0.0938. The van der Waals surface area contributed by atoms with E-state index in [4.69, 9.17) is 16.7 Å². The highest BCUT2D eigenvalue weighted by atomic mass is 35.5. The number of rotatable bonds is 5. The fourth-order valence-electron chi connectivity index (χ4n) is 2.24. The number of nitrogens with one attached hydrogen (secondary N) is 1. The molecule has 1 heterocycles. The third-order valence-corrected chi connectivity index (χ3v) is 5.92. The zero-order valence-electron chi connectivity index (χ0n) is 13.8. The summed E-state index contributed by atoms with van der Waals surface area (Å²) in [6.45, 7) is 0. The maximum atomic E-state index is 12.7. The Balaban J connectivity index is 1.90. The van der Waals surface area contributed by atoms with Crippen molar-refractivity contribution in [2.45, 2.75) is 17.7 Å². The van der Waals surface area contributed by atoms with Crippen molar-refractivity contribution in [1.29, 1.82) is 0 Å². The number of anilines is 1. The number of hydrogen-bond acceptors (Lipinski definition) is 5. The SMILES string of the molecule is O=C(O)CCC#Cc1cc(Cl)ccc1NS(=O)(=O)c1ccc2ncsc2c1. The average molecular weight is 421 g/mol. The lowest BCUT2D eigenvalue weighted by atomic mass is 10.2. The van der Waals surface area contributed by atoms with Crippen LogP contribution in [0.5, 0.6) is 0 Å². The van der Waals surface area contributed by atoms with E-state index in [1.54, 1.807) is 23.7 Å². The van der Waals surface area contributed by atoms with E-state index in [9.17, 15) is 13.2 Å². The Hall–Kier alpha value is -2.60. The van der Waals surface area contributed by atoms with E-state index in [0.29, 0.717) is 10.6 Å². The Morgan fingerprint density at radius 3 is 2.85 bits per heavy atom. The highest BCUT2D eigenvalue weighted by molar-refractivity contribution is 7.92. The van der Waals surface area contributed by atoms with Crippen LogP contribution in [0, 0.1) is 11.8 Å². The lowest BCUT2D eigenvalue weighted by molar-refractivity contribution is -0.136. The van der Waals surface area contributed by atoms with Crippen molar-refractivity contribution >= 4 is 54.8 Å². The van der Waals surface area contributed by atoms with Gasteiger partial charge >= 0.3 is 5.97 Å². The van der Waals surface area contributed by atoms with Gasteiger partial charge in [0.25, 0.3) is 10.0 Å². The molecular weight excluding hydrogens is 408 g/mol. The van der Waals surface area contributed by atoms with E-state index in [1.807, 2.05) is 0 Å². The van der Waals surface area contributed by atoms with Crippen molar-refractivity contribution in [3.8, 4) is 11.8 Å². The summed E-state index contributed by atoms with van der Waals surface area (Å²) < 4.78 is 28.8. The van der Waals surface area contributed by atoms with Crippen LogP contribution in [-0.4, -0.2) is 24.5 Å². The molecule has 0 aliphatic heterocycles. The van der Waals surface area contributed by atoms with Crippen LogP contribution in [0.2, 0.25) is 5.02 Å². The summed E-state index contributed by atoms with van der Waals surface area (Å²) in [6, 6.07) is 9.29. The van der Waals surface area contributed by atoms with Crippen LogP contribution in [-0.2, 0) is 14.8 Å². The number of sulfonamides is 1. The fourth-order valence-corrected chi connectivity index (χ4v) is 4.31. The number of fused-ring (bicyclic) bond motifs is 1. The van der Waals surface area contributed by atoms with E-state index in [0.717, 1.165) is 10.2 Å². The minimum Gasteiger partial charge on any atom is -0.481 e. The zero-order chi connectivity index (χ0) is 19.4. The molecule has 0 bridgehead atoms. The Labute approximate surface area is 164 Å². The number of aromatic nitrogens is 1. The van der Waals surface area contributed by atoms with Gasteiger partial charge in [0.2, 0.25) is 0 Å². The molecule has 0 saturated heterocycles. The molecule has 0 radical (unpaired) electrons. The van der Waals surface area contributed by atoms with Gasteiger partial charge in [-0.2, -0.15) is 0 Å². The summed E-state index contributed by atoms with van der Waals surface area (Å²) in [5.41, 5.74) is 3.02. The van der Waals surface area contributed by atoms with Crippen LogP contribution >= 0.6 is 22.9 Å². The maximum Gasteiger partial charge on any atom is 0.304 e. The molecule has 0 spiro atoms. The molecule has 138 valence electrons. The van der Waals surface area contributed by atoms with E-state index in [1.165, 1.54) is 29.5 Å². The molecule has 9 heteroatoms. The topological polar surface area (TPSA) is 96.4 Å². The normalized spacial score (nSPS) is 11.0. The van der Waals surface area contributed by atoms with Crippen molar-refractivity contribution in [2.24, 2.45) is 0 Å². The van der Waals surface area contributed by atoms with Crippen LogP contribution in [0.4, 0.5) is 5.69 Å². The minimum atomic E-state index is -3.84. The molecule has 0 atom stereocenters. The van der Waals surface area contributed by atoms with Gasteiger partial charge in [-0.05, 0) is 36.4 Å². The van der Waals surface area contributed by atoms with Crippen LogP contribution < -0.4 is 4.72 Å². The Morgan fingerprint density at radius 1 is 1.26 bits per heavy atom. The van der Waals surface area contributed by atoms with Gasteiger partial charge in [-0.15, -0.1) is 11.3 Å². The van der Waals surface area contributed by atoms with Crippen LogP contribution in [0.25, 0.3) is 10.2 Å². The van der Waals surface area contributed by atoms with Crippen LogP contribution in [0.15, 0.2) is 46.8 Å². The van der Waals surface area contributed by atoms with Gasteiger partial charge in [0, 0.05) is 11.4 Å². The van der Waals surface area contributed by atoms with Gasteiger partial charge in [0.15, 0.2) is 0 Å². The van der Waals surface area contributed by atoms with E-state index < -0.39 is 16.0 Å². The zero-order valence-corrected chi connectivity index (χ0v) is 16.2. The molecule has 27 heavy (non-hydrogen) atoms. The van der Waals surface area contributed by atoms with Crippen molar-refractivity contribution in [3.05, 3.63) is 52.5 Å². The Bertz CT molecular complexity index is 1180. The molecule has 0 saturated carbocycles. The number of halogens is 1. The average Bonchev–Trinajstić information content (AvgIpc) is 3.08. The van der Waals surface area contributed by atoms with Crippen molar-refractivity contribution in [2.75, 3.05) is 4.72 Å². The molecule has 3 rings (SSSR count). The van der Waals surface area contributed by atoms with E-state index in [2.05, 4.69) is 21.5 Å². The van der Waals surface area contributed by atoms with Crippen molar-refractivity contribution in [1.82, 2.24) is 4.98 Å². The Morgan fingerprint density at radius 2 is 2.07 bits per heavy atom. The van der Waals surface area contributed by atoms with Crippen molar-refractivity contribution < 1.29 is 18.3 Å². The molecule has 0 unspecified atom stereocenters. The molecule has 3 aromatic rings. The fraction of sp³-hybridized carbons (Fsp3) is 0.111. The summed E-state index contributed by atoms with van der Waals surface area (Å²) in [5.74, 6) is 4.54. The number of thiazole rings is 1. The van der Waals surface area contributed by atoms with Gasteiger partial charge in [-0.25, -0.2) is 13.4 Å². The number of aliphatic carboxylic acids is 1. The third-order valence-electron chi connectivity index (χ3n) is 3.53. The number of carboxylic acids is 1. The van der Waals surface area contributed by atoms with E-state index in [-0.39, 0.29) is 23.4 Å². The third kappa shape index (κ3) is 4.77. The smallest absolute Gasteiger partial charge is 0.304 e. The standard InChI is InChI=1S/C18H13ClN2O4S2/c19-13-5-7-15(12(9-13)3-1-2-4-18(22)23)21-27(24,25)14-6-8-16-17(10-14)26-11-20-16/h5-11,21H,2,4H2,(H,22,23). The second-order valence-electron chi connectivity index (χ2n) is 5.47. The molecule has 1 aromatic heterocycles. The van der Waals surface area contributed by atoms with Gasteiger partial charge in [0.1, 0.15) is 0 Å². The number of nitrogens with zero attached hydrogens (tertiary/aromatic N) is 1. The summed E-state index contributed by atoms with van der Waals surface area (Å²) in [7, 11) is -3.84. The summed E-state index contributed by atoms with van der Waals surface area (Å²) in [6.07, 6.45) is 0.0551. The van der Waals surface area contributed by atoms with Gasteiger partial charge in [-0.1, -0.05) is 23.4 Å². The maximum absolute atomic E-state index is 12.7. The Kier molecular flexibility index (Phi) is 5.65. The first-order valence-corrected chi connectivity index (χ1v) is 10.5.